The van der Waals surface area contributed by atoms with Crippen molar-refractivity contribution in [2.45, 2.75) is 6.92 Å². The number of benzene rings is 1. The zero-order valence-corrected chi connectivity index (χ0v) is 9.99. The van der Waals surface area contributed by atoms with Crippen molar-refractivity contribution < 1.29 is 9.13 Å². The van der Waals surface area contributed by atoms with Gasteiger partial charge in [0.05, 0.1) is 13.3 Å². The molecule has 1 aromatic heterocycles. The summed E-state index contributed by atoms with van der Waals surface area (Å²) in [5, 5.41) is 4.03. The number of halogens is 1. The van der Waals surface area contributed by atoms with Crippen LogP contribution in [0, 0.1) is 12.7 Å². The second-order valence-electron chi connectivity index (χ2n) is 3.85. The molecule has 0 aliphatic carbocycles. The molecule has 0 spiro atoms. The second-order valence-corrected chi connectivity index (χ2v) is 3.85. The van der Waals surface area contributed by atoms with Crippen molar-refractivity contribution in [3.8, 4) is 16.9 Å². The number of aryl methyl sites for hydroxylation is 1. The van der Waals surface area contributed by atoms with Crippen molar-refractivity contribution in [3.63, 3.8) is 0 Å². The normalized spacial score (nSPS) is 10.6. The van der Waals surface area contributed by atoms with E-state index in [1.807, 2.05) is 0 Å². The van der Waals surface area contributed by atoms with Crippen LogP contribution in [0.15, 0.2) is 18.3 Å². The summed E-state index contributed by atoms with van der Waals surface area (Å²) in [4.78, 5) is 0. The van der Waals surface area contributed by atoms with E-state index in [1.54, 1.807) is 30.9 Å². The van der Waals surface area contributed by atoms with Gasteiger partial charge in [0.2, 0.25) is 0 Å². The van der Waals surface area contributed by atoms with Gasteiger partial charge < -0.3 is 10.5 Å². The fraction of sp³-hybridized carbons (Fsp3) is 0.250. The van der Waals surface area contributed by atoms with Crippen molar-refractivity contribution >= 4 is 5.82 Å². The van der Waals surface area contributed by atoms with Crippen molar-refractivity contribution in [1.29, 1.82) is 0 Å². The van der Waals surface area contributed by atoms with Crippen molar-refractivity contribution in [2.24, 2.45) is 7.05 Å². The summed E-state index contributed by atoms with van der Waals surface area (Å²) in [6.45, 7) is 1.67. The Hall–Kier alpha value is -2.04. The molecule has 0 radical (unpaired) electrons. The van der Waals surface area contributed by atoms with E-state index in [-0.39, 0.29) is 5.82 Å². The molecule has 17 heavy (non-hydrogen) atoms. The summed E-state index contributed by atoms with van der Waals surface area (Å²) < 4.78 is 20.4. The standard InChI is InChI=1S/C12H14FN3O/c1-7-10(13)4-8(5-11(7)17-3)9-6-15-16(2)12(9)14/h4-6H,14H2,1-3H3. The van der Waals surface area contributed by atoms with Crippen LogP contribution in [0.5, 0.6) is 5.75 Å². The van der Waals surface area contributed by atoms with E-state index in [0.717, 1.165) is 0 Å². The SMILES string of the molecule is COc1cc(-c2cnn(C)c2N)cc(F)c1C. The lowest BCUT2D eigenvalue weighted by molar-refractivity contribution is 0.407. The average molecular weight is 235 g/mol. The van der Waals surface area contributed by atoms with Crippen LogP contribution < -0.4 is 10.5 Å². The third kappa shape index (κ3) is 1.84. The molecule has 0 atom stereocenters. The number of aromatic nitrogens is 2. The summed E-state index contributed by atoms with van der Waals surface area (Å²) in [5.41, 5.74) is 7.70. The molecule has 0 amide bonds. The van der Waals surface area contributed by atoms with Gasteiger partial charge >= 0.3 is 0 Å². The molecular weight excluding hydrogens is 221 g/mol. The number of methoxy groups -OCH3 is 1. The maximum absolute atomic E-state index is 13.7. The highest BCUT2D eigenvalue weighted by Crippen LogP contribution is 2.31. The summed E-state index contributed by atoms with van der Waals surface area (Å²) in [6.07, 6.45) is 1.61. The molecule has 0 bridgehead atoms. The van der Waals surface area contributed by atoms with E-state index >= 15 is 0 Å². The van der Waals surface area contributed by atoms with Crippen LogP contribution in [-0.4, -0.2) is 16.9 Å². The average Bonchev–Trinajstić information content (AvgIpc) is 2.64. The highest BCUT2D eigenvalue weighted by atomic mass is 19.1. The minimum atomic E-state index is -0.317. The topological polar surface area (TPSA) is 53.1 Å². The number of rotatable bonds is 2. The zero-order valence-electron chi connectivity index (χ0n) is 9.99. The summed E-state index contributed by atoms with van der Waals surface area (Å²) >= 11 is 0. The molecule has 2 aromatic rings. The molecular formula is C12H14FN3O. The molecule has 0 aliphatic rings. The van der Waals surface area contributed by atoms with Crippen LogP contribution in [0.1, 0.15) is 5.56 Å². The Balaban J connectivity index is 2.61. The lowest BCUT2D eigenvalue weighted by Gasteiger charge is -2.08. The first-order valence-electron chi connectivity index (χ1n) is 5.16. The van der Waals surface area contributed by atoms with Gasteiger partial charge in [0.25, 0.3) is 0 Å². The smallest absolute Gasteiger partial charge is 0.130 e. The number of nitrogens with zero attached hydrogens (tertiary/aromatic N) is 2. The van der Waals surface area contributed by atoms with Gasteiger partial charge in [0.15, 0.2) is 0 Å². The highest BCUT2D eigenvalue weighted by Gasteiger charge is 2.12. The highest BCUT2D eigenvalue weighted by molar-refractivity contribution is 5.75. The van der Waals surface area contributed by atoms with Gasteiger partial charge in [-0.1, -0.05) is 0 Å². The van der Waals surface area contributed by atoms with Crippen LogP contribution in [0.2, 0.25) is 0 Å². The third-order valence-corrected chi connectivity index (χ3v) is 2.81. The summed E-state index contributed by atoms with van der Waals surface area (Å²) in [6, 6.07) is 3.19. The Labute approximate surface area is 98.8 Å². The first-order valence-corrected chi connectivity index (χ1v) is 5.16. The monoisotopic (exact) mass is 235 g/mol. The predicted molar refractivity (Wildman–Crippen MR) is 64.3 cm³/mol. The number of nitrogens with two attached hydrogens (primary N) is 1. The molecule has 2 N–H and O–H groups in total. The first kappa shape index (κ1) is 11.4. The largest absolute Gasteiger partial charge is 0.496 e. The van der Waals surface area contributed by atoms with Gasteiger partial charge in [-0.05, 0) is 24.6 Å². The number of nitrogen functional groups attached to an aromatic ring is 1. The molecule has 5 heteroatoms. The Morgan fingerprint density at radius 1 is 1.41 bits per heavy atom. The minimum absolute atomic E-state index is 0.317. The van der Waals surface area contributed by atoms with E-state index < -0.39 is 0 Å². The van der Waals surface area contributed by atoms with Gasteiger partial charge in [0.1, 0.15) is 17.4 Å². The van der Waals surface area contributed by atoms with E-state index in [1.165, 1.54) is 13.2 Å². The first-order chi connectivity index (χ1) is 8.04. The van der Waals surface area contributed by atoms with Crippen LogP contribution in [0.25, 0.3) is 11.1 Å². The number of ether oxygens (including phenoxy) is 1. The van der Waals surface area contributed by atoms with E-state index in [4.69, 9.17) is 10.5 Å². The summed E-state index contributed by atoms with van der Waals surface area (Å²) in [7, 11) is 3.25. The molecule has 4 nitrogen and oxygen atoms in total. The Morgan fingerprint density at radius 3 is 2.65 bits per heavy atom. The molecule has 0 saturated carbocycles. The van der Waals surface area contributed by atoms with Crippen LogP contribution in [0.4, 0.5) is 10.2 Å². The maximum atomic E-state index is 13.7. The van der Waals surface area contributed by atoms with Gasteiger partial charge in [-0.2, -0.15) is 5.10 Å². The molecule has 0 aliphatic heterocycles. The fourth-order valence-corrected chi connectivity index (χ4v) is 1.69. The van der Waals surface area contributed by atoms with Crippen LogP contribution >= 0.6 is 0 Å². The molecule has 90 valence electrons. The number of hydrogen-bond acceptors (Lipinski definition) is 3. The van der Waals surface area contributed by atoms with Crippen molar-refractivity contribution in [2.75, 3.05) is 12.8 Å². The molecule has 0 saturated heterocycles. The van der Waals surface area contributed by atoms with Gasteiger partial charge in [-0.15, -0.1) is 0 Å². The van der Waals surface area contributed by atoms with Crippen LogP contribution in [-0.2, 0) is 7.05 Å². The Bertz CT molecular complexity index is 563. The minimum Gasteiger partial charge on any atom is -0.496 e. The molecule has 1 heterocycles. The van der Waals surface area contributed by atoms with Gasteiger partial charge in [-0.25, -0.2) is 4.39 Å². The van der Waals surface area contributed by atoms with E-state index in [2.05, 4.69) is 5.10 Å². The lowest BCUT2D eigenvalue weighted by atomic mass is 10.1. The lowest BCUT2D eigenvalue weighted by Crippen LogP contribution is -1.98. The molecule has 0 unspecified atom stereocenters. The molecule has 1 aromatic carbocycles. The van der Waals surface area contributed by atoms with Gasteiger partial charge in [0, 0.05) is 18.2 Å². The number of hydrogen-bond donors (Lipinski definition) is 1. The molecule has 2 rings (SSSR count). The van der Waals surface area contributed by atoms with Crippen molar-refractivity contribution in [1.82, 2.24) is 9.78 Å². The quantitative estimate of drug-likeness (QED) is 0.867. The van der Waals surface area contributed by atoms with Crippen molar-refractivity contribution in [3.05, 3.63) is 29.7 Å². The zero-order chi connectivity index (χ0) is 12.6. The van der Waals surface area contributed by atoms with E-state index in [0.29, 0.717) is 28.3 Å². The van der Waals surface area contributed by atoms with E-state index in [9.17, 15) is 4.39 Å². The maximum Gasteiger partial charge on any atom is 0.130 e. The third-order valence-electron chi connectivity index (χ3n) is 2.81. The Morgan fingerprint density at radius 2 is 2.12 bits per heavy atom. The second kappa shape index (κ2) is 4.08. The Kier molecular flexibility index (Phi) is 2.75. The van der Waals surface area contributed by atoms with Gasteiger partial charge in [-0.3, -0.25) is 4.68 Å². The number of anilines is 1. The summed E-state index contributed by atoms with van der Waals surface area (Å²) in [5.74, 6) is 0.682. The van der Waals surface area contributed by atoms with Crippen LogP contribution in [0.3, 0.4) is 0 Å². The predicted octanol–water partition coefficient (Wildman–Crippen LogP) is 2.13. The fourth-order valence-electron chi connectivity index (χ4n) is 1.69. The molecule has 0 fully saturated rings.